The summed E-state index contributed by atoms with van der Waals surface area (Å²) in [7, 11) is 0. The Hall–Kier alpha value is -0.830. The van der Waals surface area contributed by atoms with E-state index >= 15 is 0 Å². The third kappa shape index (κ3) is 1.000. The van der Waals surface area contributed by atoms with Crippen LogP contribution in [0.25, 0.3) is 0 Å². The first-order valence-electron chi connectivity index (χ1n) is 6.28. The van der Waals surface area contributed by atoms with Gasteiger partial charge in [0, 0.05) is 12.0 Å². The van der Waals surface area contributed by atoms with Gasteiger partial charge in [0.2, 0.25) is 0 Å². The van der Waals surface area contributed by atoms with E-state index in [0.29, 0.717) is 30.0 Å². The lowest BCUT2D eigenvalue weighted by molar-refractivity contribution is -0.145. The number of ether oxygens (including phenoxy) is 2. The Kier molecular flexibility index (Phi) is 1.67. The average molecular weight is 220 g/mol. The highest BCUT2D eigenvalue weighted by atomic mass is 16.6. The average Bonchev–Trinajstić information content (AvgIpc) is 2.69. The molecule has 0 radical (unpaired) electrons. The van der Waals surface area contributed by atoms with Crippen LogP contribution >= 0.6 is 0 Å². The molecule has 7 atom stereocenters. The number of hydrogen-bond acceptors (Lipinski definition) is 3. The van der Waals surface area contributed by atoms with Crippen molar-refractivity contribution in [2.75, 3.05) is 0 Å². The van der Waals surface area contributed by atoms with Crippen LogP contribution in [0.5, 0.6) is 0 Å². The fourth-order valence-electron chi connectivity index (χ4n) is 4.63. The second-order valence-electron chi connectivity index (χ2n) is 5.63. The lowest BCUT2D eigenvalue weighted by Gasteiger charge is -2.24. The lowest BCUT2D eigenvalue weighted by Crippen LogP contribution is -2.24. The number of carbonyl (C=O) groups excluding carboxylic acids is 1. The summed E-state index contributed by atoms with van der Waals surface area (Å²) in [5.41, 5.74) is 0. The molecule has 4 fully saturated rings. The van der Waals surface area contributed by atoms with Crippen molar-refractivity contribution in [2.24, 2.45) is 23.7 Å². The van der Waals surface area contributed by atoms with Gasteiger partial charge in [0.15, 0.2) is 0 Å². The molecular formula is C13H16O3. The fraction of sp³-hybridized carbons (Fsp3) is 0.769. The van der Waals surface area contributed by atoms with Gasteiger partial charge in [-0.25, -0.2) is 4.79 Å². The predicted octanol–water partition coefficient (Wildman–Crippen LogP) is 1.53. The Balaban J connectivity index is 1.58. The van der Waals surface area contributed by atoms with Gasteiger partial charge in [0.05, 0.1) is 12.2 Å². The standard InChI is InChI=1S/C13H16O3/c1-2-10(14)16-12-6-3-4-7(12)11-8(6)5-9-13(11)15-9/h2,6-9,11-13H,1,3-5H2. The first kappa shape index (κ1) is 9.23. The largest absolute Gasteiger partial charge is 0.459 e. The molecule has 4 rings (SSSR count). The van der Waals surface area contributed by atoms with Gasteiger partial charge in [0.25, 0.3) is 0 Å². The van der Waals surface area contributed by atoms with Gasteiger partial charge in [-0.2, -0.15) is 0 Å². The van der Waals surface area contributed by atoms with Crippen molar-refractivity contribution >= 4 is 5.97 Å². The molecule has 0 aromatic carbocycles. The predicted molar refractivity (Wildman–Crippen MR) is 56.5 cm³/mol. The van der Waals surface area contributed by atoms with Crippen LogP contribution in [0.4, 0.5) is 0 Å². The Morgan fingerprint density at radius 1 is 1.31 bits per heavy atom. The summed E-state index contributed by atoms with van der Waals surface area (Å²) in [5, 5.41) is 0. The number of fused-ring (bicyclic) bond motifs is 7. The van der Waals surface area contributed by atoms with Gasteiger partial charge >= 0.3 is 5.97 Å². The number of esters is 1. The molecule has 3 saturated carbocycles. The van der Waals surface area contributed by atoms with Crippen LogP contribution in [-0.4, -0.2) is 24.3 Å². The Morgan fingerprint density at radius 3 is 2.88 bits per heavy atom. The molecule has 7 unspecified atom stereocenters. The molecule has 3 nitrogen and oxygen atoms in total. The van der Waals surface area contributed by atoms with Crippen molar-refractivity contribution in [3.8, 4) is 0 Å². The summed E-state index contributed by atoms with van der Waals surface area (Å²) in [6.45, 7) is 3.47. The minimum absolute atomic E-state index is 0.158. The third-order valence-corrected chi connectivity index (χ3v) is 5.14. The van der Waals surface area contributed by atoms with E-state index in [2.05, 4.69) is 6.58 Å². The van der Waals surface area contributed by atoms with Crippen molar-refractivity contribution in [1.82, 2.24) is 0 Å². The smallest absolute Gasteiger partial charge is 0.330 e. The molecule has 4 aliphatic rings. The second-order valence-corrected chi connectivity index (χ2v) is 5.63. The molecule has 86 valence electrons. The van der Waals surface area contributed by atoms with Crippen LogP contribution in [-0.2, 0) is 14.3 Å². The highest BCUT2D eigenvalue weighted by Gasteiger charge is 2.68. The topological polar surface area (TPSA) is 38.8 Å². The maximum Gasteiger partial charge on any atom is 0.330 e. The van der Waals surface area contributed by atoms with Crippen molar-refractivity contribution in [3.63, 3.8) is 0 Å². The minimum atomic E-state index is -0.255. The van der Waals surface area contributed by atoms with Gasteiger partial charge in [-0.15, -0.1) is 0 Å². The van der Waals surface area contributed by atoms with Gasteiger partial charge in [-0.05, 0) is 37.0 Å². The summed E-state index contributed by atoms with van der Waals surface area (Å²) in [4.78, 5) is 11.3. The molecule has 0 spiro atoms. The molecular weight excluding hydrogens is 204 g/mol. The van der Waals surface area contributed by atoms with Crippen LogP contribution in [0.2, 0.25) is 0 Å². The maximum atomic E-state index is 11.3. The maximum absolute atomic E-state index is 11.3. The van der Waals surface area contributed by atoms with Gasteiger partial charge in [-0.1, -0.05) is 6.58 Å². The zero-order valence-electron chi connectivity index (χ0n) is 9.17. The van der Waals surface area contributed by atoms with Gasteiger partial charge < -0.3 is 9.47 Å². The SMILES string of the molecule is C=CC(=O)OC1C2CCC1C1C2CC2OC21. The zero-order valence-corrected chi connectivity index (χ0v) is 9.17. The monoisotopic (exact) mass is 220 g/mol. The van der Waals surface area contributed by atoms with Crippen molar-refractivity contribution < 1.29 is 14.3 Å². The summed E-state index contributed by atoms with van der Waals surface area (Å²) in [6, 6.07) is 0. The second kappa shape index (κ2) is 2.89. The van der Waals surface area contributed by atoms with Crippen LogP contribution < -0.4 is 0 Å². The van der Waals surface area contributed by atoms with E-state index < -0.39 is 0 Å². The molecule has 1 aliphatic heterocycles. The molecule has 1 saturated heterocycles. The fourth-order valence-corrected chi connectivity index (χ4v) is 4.63. The molecule has 16 heavy (non-hydrogen) atoms. The Labute approximate surface area is 94.8 Å². The van der Waals surface area contributed by atoms with Crippen LogP contribution in [0.1, 0.15) is 19.3 Å². The quantitative estimate of drug-likeness (QED) is 0.402. The first-order chi connectivity index (χ1) is 7.79. The third-order valence-electron chi connectivity index (χ3n) is 5.14. The number of epoxide rings is 1. The summed E-state index contributed by atoms with van der Waals surface area (Å²) < 4.78 is 11.2. The Bertz CT molecular complexity index is 364. The molecule has 0 aromatic heterocycles. The van der Waals surface area contributed by atoms with E-state index in [-0.39, 0.29) is 12.1 Å². The van der Waals surface area contributed by atoms with Crippen molar-refractivity contribution in [1.29, 1.82) is 0 Å². The van der Waals surface area contributed by atoms with E-state index in [1.54, 1.807) is 0 Å². The Morgan fingerprint density at radius 2 is 2.12 bits per heavy atom. The first-order valence-corrected chi connectivity index (χ1v) is 6.28. The van der Waals surface area contributed by atoms with Crippen molar-refractivity contribution in [3.05, 3.63) is 12.7 Å². The van der Waals surface area contributed by atoms with E-state index in [4.69, 9.17) is 9.47 Å². The highest BCUT2D eigenvalue weighted by molar-refractivity contribution is 5.81. The van der Waals surface area contributed by atoms with E-state index in [1.165, 1.54) is 25.3 Å². The highest BCUT2D eigenvalue weighted by Crippen LogP contribution is 2.64. The van der Waals surface area contributed by atoms with Gasteiger partial charge in [0.1, 0.15) is 6.10 Å². The molecule has 0 aromatic rings. The molecule has 3 aliphatic carbocycles. The van der Waals surface area contributed by atoms with Crippen LogP contribution in [0.3, 0.4) is 0 Å². The molecule has 2 bridgehead atoms. The number of rotatable bonds is 2. The number of hydrogen-bond donors (Lipinski definition) is 0. The molecule has 1 heterocycles. The normalized spacial score (nSPS) is 55.6. The number of carbonyl (C=O) groups is 1. The summed E-state index contributed by atoms with van der Waals surface area (Å²) in [5.74, 6) is 2.37. The lowest BCUT2D eigenvalue weighted by atomic mass is 9.81. The van der Waals surface area contributed by atoms with E-state index in [1.807, 2.05) is 0 Å². The molecule has 0 N–H and O–H groups in total. The van der Waals surface area contributed by atoms with Crippen molar-refractivity contribution in [2.45, 2.75) is 37.6 Å². The molecule has 3 heteroatoms. The summed E-state index contributed by atoms with van der Waals surface area (Å²) in [6.07, 6.45) is 6.15. The summed E-state index contributed by atoms with van der Waals surface area (Å²) >= 11 is 0. The minimum Gasteiger partial charge on any atom is -0.459 e. The molecule has 0 amide bonds. The van der Waals surface area contributed by atoms with E-state index in [9.17, 15) is 4.79 Å². The zero-order chi connectivity index (χ0) is 10.9. The van der Waals surface area contributed by atoms with Gasteiger partial charge in [-0.3, -0.25) is 0 Å². The van der Waals surface area contributed by atoms with Crippen LogP contribution in [0, 0.1) is 23.7 Å². The van der Waals surface area contributed by atoms with Crippen LogP contribution in [0.15, 0.2) is 12.7 Å². The van der Waals surface area contributed by atoms with E-state index in [0.717, 1.165) is 5.92 Å².